The van der Waals surface area contributed by atoms with Crippen molar-refractivity contribution in [3.8, 4) is 0 Å². The van der Waals surface area contributed by atoms with E-state index in [1.165, 1.54) is 0 Å². The van der Waals surface area contributed by atoms with E-state index in [2.05, 4.69) is 22.0 Å². The maximum Gasteiger partial charge on any atom is 0.326 e. The fourth-order valence-corrected chi connectivity index (χ4v) is 3.30. The van der Waals surface area contributed by atoms with Gasteiger partial charge in [-0.2, -0.15) is 0 Å². The van der Waals surface area contributed by atoms with Crippen molar-refractivity contribution in [2.75, 3.05) is 16.8 Å². The summed E-state index contributed by atoms with van der Waals surface area (Å²) in [5.41, 5.74) is 9.46. The Morgan fingerprint density at radius 3 is 2.80 bits per heavy atom. The number of hydrogen-bond donors (Lipinski definition) is 2. The van der Waals surface area contributed by atoms with Gasteiger partial charge in [-0.1, -0.05) is 6.07 Å². The number of nitrogens with zero attached hydrogens (tertiary/aromatic N) is 2. The first kappa shape index (κ1) is 15.3. The Morgan fingerprint density at radius 2 is 2.00 bits per heavy atom. The van der Waals surface area contributed by atoms with Gasteiger partial charge in [0.1, 0.15) is 0 Å². The molecular formula is C19H18N4O2. The molecule has 0 saturated heterocycles. The van der Waals surface area contributed by atoms with Crippen molar-refractivity contribution >= 4 is 34.2 Å². The van der Waals surface area contributed by atoms with Crippen LogP contribution in [0, 0.1) is 0 Å². The molecule has 0 atom stereocenters. The van der Waals surface area contributed by atoms with Crippen LogP contribution in [-0.4, -0.2) is 23.1 Å². The monoisotopic (exact) mass is 334 g/mol. The van der Waals surface area contributed by atoms with Crippen LogP contribution in [0.5, 0.6) is 0 Å². The van der Waals surface area contributed by atoms with Crippen molar-refractivity contribution in [2.24, 2.45) is 12.8 Å². The number of aromatic nitrogens is 1. The molecule has 0 spiro atoms. The van der Waals surface area contributed by atoms with Crippen LogP contribution in [0.25, 0.3) is 10.9 Å². The van der Waals surface area contributed by atoms with Crippen LogP contribution in [0.15, 0.2) is 48.7 Å². The Morgan fingerprint density at radius 1 is 1.16 bits per heavy atom. The van der Waals surface area contributed by atoms with Gasteiger partial charge in [-0.05, 0) is 48.4 Å². The lowest BCUT2D eigenvalue weighted by Crippen LogP contribution is -2.33. The fraction of sp³-hybridized carbons (Fsp3) is 0.158. The molecule has 6 heteroatoms. The quantitative estimate of drug-likeness (QED) is 0.755. The number of rotatable bonds is 2. The number of aryl methyl sites for hydroxylation is 1. The maximum atomic E-state index is 12.7. The predicted molar refractivity (Wildman–Crippen MR) is 97.9 cm³/mol. The van der Waals surface area contributed by atoms with Gasteiger partial charge in [-0.25, -0.2) is 4.79 Å². The fourth-order valence-electron chi connectivity index (χ4n) is 3.30. The number of anilines is 2. The number of fused-ring (bicyclic) bond motifs is 2. The molecule has 0 unspecified atom stereocenters. The van der Waals surface area contributed by atoms with E-state index in [-0.39, 0.29) is 6.03 Å². The Kier molecular flexibility index (Phi) is 3.46. The SMILES string of the molecule is Cn1ccc2cc3c(cc21)CCN3C(=O)Nc1cccc(C(N)=O)c1. The van der Waals surface area contributed by atoms with E-state index in [0.717, 1.165) is 28.6 Å². The van der Waals surface area contributed by atoms with Crippen molar-refractivity contribution in [2.45, 2.75) is 6.42 Å². The van der Waals surface area contributed by atoms with Crippen LogP contribution < -0.4 is 16.0 Å². The number of nitrogens with two attached hydrogens (primary N) is 1. The van der Waals surface area contributed by atoms with E-state index in [1.807, 2.05) is 19.3 Å². The maximum absolute atomic E-state index is 12.7. The third-order valence-corrected chi connectivity index (χ3v) is 4.62. The average Bonchev–Trinajstić information content (AvgIpc) is 3.17. The number of benzene rings is 2. The molecule has 6 nitrogen and oxygen atoms in total. The first-order valence-corrected chi connectivity index (χ1v) is 8.09. The molecule has 0 saturated carbocycles. The van der Waals surface area contributed by atoms with Crippen molar-refractivity contribution < 1.29 is 9.59 Å². The molecule has 0 fully saturated rings. The topological polar surface area (TPSA) is 80.4 Å². The minimum Gasteiger partial charge on any atom is -0.366 e. The van der Waals surface area contributed by atoms with Crippen LogP contribution in [0.1, 0.15) is 15.9 Å². The largest absolute Gasteiger partial charge is 0.366 e. The lowest BCUT2D eigenvalue weighted by Gasteiger charge is -2.18. The molecule has 4 rings (SSSR count). The van der Waals surface area contributed by atoms with Crippen molar-refractivity contribution in [3.05, 3.63) is 59.8 Å². The van der Waals surface area contributed by atoms with Gasteiger partial charge in [0, 0.05) is 47.6 Å². The van der Waals surface area contributed by atoms with Gasteiger partial charge in [-0.3, -0.25) is 9.69 Å². The lowest BCUT2D eigenvalue weighted by molar-refractivity contribution is 0.100. The summed E-state index contributed by atoms with van der Waals surface area (Å²) in [6.45, 7) is 0.632. The standard InChI is InChI=1S/C19H18N4O2/c1-22-7-5-12-11-17-13(10-16(12)22)6-8-23(17)19(25)21-15-4-2-3-14(9-15)18(20)24/h2-5,7,9-11H,6,8H2,1H3,(H2,20,24)(H,21,25). The normalized spacial score (nSPS) is 13.1. The zero-order chi connectivity index (χ0) is 17.6. The minimum absolute atomic E-state index is 0.212. The summed E-state index contributed by atoms with van der Waals surface area (Å²) in [4.78, 5) is 25.7. The van der Waals surface area contributed by atoms with E-state index in [1.54, 1.807) is 29.2 Å². The van der Waals surface area contributed by atoms with E-state index in [9.17, 15) is 9.59 Å². The Bertz CT molecular complexity index is 1010. The highest BCUT2D eigenvalue weighted by Gasteiger charge is 2.25. The predicted octanol–water partition coefficient (Wildman–Crippen LogP) is 2.87. The molecule has 2 aromatic carbocycles. The minimum atomic E-state index is -0.519. The van der Waals surface area contributed by atoms with Gasteiger partial charge in [0.05, 0.1) is 0 Å². The first-order valence-electron chi connectivity index (χ1n) is 8.09. The molecular weight excluding hydrogens is 316 g/mol. The molecule has 126 valence electrons. The summed E-state index contributed by atoms with van der Waals surface area (Å²) in [6.07, 6.45) is 2.84. The molecule has 1 aromatic heterocycles. The Balaban J connectivity index is 1.62. The summed E-state index contributed by atoms with van der Waals surface area (Å²) in [5.74, 6) is -0.519. The van der Waals surface area contributed by atoms with E-state index in [4.69, 9.17) is 5.73 Å². The molecule has 0 aliphatic carbocycles. The van der Waals surface area contributed by atoms with Crippen LogP contribution in [0.4, 0.5) is 16.2 Å². The van der Waals surface area contributed by atoms with Gasteiger partial charge in [0.25, 0.3) is 0 Å². The highest BCUT2D eigenvalue weighted by atomic mass is 16.2. The van der Waals surface area contributed by atoms with Gasteiger partial charge in [0.2, 0.25) is 5.91 Å². The lowest BCUT2D eigenvalue weighted by atomic mass is 10.1. The van der Waals surface area contributed by atoms with E-state index in [0.29, 0.717) is 17.8 Å². The summed E-state index contributed by atoms with van der Waals surface area (Å²) >= 11 is 0. The third kappa shape index (κ3) is 2.61. The third-order valence-electron chi connectivity index (χ3n) is 4.62. The molecule has 0 bridgehead atoms. The highest BCUT2D eigenvalue weighted by Crippen LogP contribution is 2.33. The zero-order valence-corrected chi connectivity index (χ0v) is 13.8. The second kappa shape index (κ2) is 5.66. The van der Waals surface area contributed by atoms with Crippen LogP contribution in [0.3, 0.4) is 0 Å². The Labute approximate surface area is 144 Å². The number of carbonyl (C=O) groups is 2. The number of hydrogen-bond acceptors (Lipinski definition) is 2. The molecule has 3 amide bonds. The van der Waals surface area contributed by atoms with E-state index >= 15 is 0 Å². The van der Waals surface area contributed by atoms with Gasteiger partial charge in [-0.15, -0.1) is 0 Å². The number of urea groups is 1. The highest BCUT2D eigenvalue weighted by molar-refractivity contribution is 6.05. The summed E-state index contributed by atoms with van der Waals surface area (Å²) in [6, 6.07) is 12.7. The second-order valence-corrected chi connectivity index (χ2v) is 6.24. The zero-order valence-electron chi connectivity index (χ0n) is 13.8. The van der Waals surface area contributed by atoms with Crippen molar-refractivity contribution in [1.82, 2.24) is 4.57 Å². The van der Waals surface area contributed by atoms with Crippen LogP contribution in [0.2, 0.25) is 0 Å². The van der Waals surface area contributed by atoms with E-state index < -0.39 is 5.91 Å². The summed E-state index contributed by atoms with van der Waals surface area (Å²) in [5, 5.41) is 3.96. The molecule has 25 heavy (non-hydrogen) atoms. The van der Waals surface area contributed by atoms with Crippen LogP contribution >= 0.6 is 0 Å². The average molecular weight is 334 g/mol. The van der Waals surface area contributed by atoms with Gasteiger partial charge < -0.3 is 15.6 Å². The smallest absolute Gasteiger partial charge is 0.326 e. The molecule has 0 radical (unpaired) electrons. The summed E-state index contributed by atoms with van der Waals surface area (Å²) < 4.78 is 2.08. The number of carbonyl (C=O) groups excluding carboxylic acids is 2. The first-order chi connectivity index (χ1) is 12.0. The second-order valence-electron chi connectivity index (χ2n) is 6.24. The molecule has 1 aliphatic heterocycles. The number of amides is 3. The molecule has 1 aliphatic rings. The summed E-state index contributed by atoms with van der Waals surface area (Å²) in [7, 11) is 2.01. The van der Waals surface area contributed by atoms with Crippen LogP contribution in [-0.2, 0) is 13.5 Å². The molecule has 3 aromatic rings. The Hall–Kier alpha value is -3.28. The van der Waals surface area contributed by atoms with Gasteiger partial charge >= 0.3 is 6.03 Å². The number of primary amides is 1. The number of nitrogens with one attached hydrogen (secondary N) is 1. The van der Waals surface area contributed by atoms with Gasteiger partial charge in [0.15, 0.2) is 0 Å². The molecule has 3 N–H and O–H groups in total. The van der Waals surface area contributed by atoms with Crippen molar-refractivity contribution in [1.29, 1.82) is 0 Å². The van der Waals surface area contributed by atoms with Crippen molar-refractivity contribution in [3.63, 3.8) is 0 Å². The molecule has 2 heterocycles.